The Balaban J connectivity index is 2.02. The lowest BCUT2D eigenvalue weighted by atomic mass is 10.1. The van der Waals surface area contributed by atoms with Crippen molar-refractivity contribution in [1.29, 1.82) is 0 Å². The summed E-state index contributed by atoms with van der Waals surface area (Å²) in [5.41, 5.74) is 1.32. The van der Waals surface area contributed by atoms with E-state index in [4.69, 9.17) is 16.3 Å². The highest BCUT2D eigenvalue weighted by atomic mass is 35.5. The van der Waals surface area contributed by atoms with Crippen LogP contribution in [0.5, 0.6) is 11.6 Å². The Hall–Kier alpha value is -1.61. The lowest BCUT2D eigenvalue weighted by Gasteiger charge is -2.05. The summed E-state index contributed by atoms with van der Waals surface area (Å²) < 4.78 is 5.58. The van der Waals surface area contributed by atoms with Crippen LogP contribution in [0.3, 0.4) is 0 Å². The van der Waals surface area contributed by atoms with Crippen LogP contribution in [0.15, 0.2) is 36.7 Å². The molecule has 0 aliphatic heterocycles. The highest BCUT2D eigenvalue weighted by Crippen LogP contribution is 2.21. The summed E-state index contributed by atoms with van der Waals surface area (Å²) in [6, 6.07) is 9.64. The summed E-state index contributed by atoms with van der Waals surface area (Å²) in [6.07, 6.45) is 4.91. The Kier molecular flexibility index (Phi) is 4.53. The van der Waals surface area contributed by atoms with Gasteiger partial charge >= 0.3 is 0 Å². The first kappa shape index (κ1) is 12.8. The molecule has 0 aliphatic carbocycles. The maximum absolute atomic E-state index is 5.76. The van der Waals surface area contributed by atoms with Crippen molar-refractivity contribution in [3.05, 3.63) is 47.4 Å². The Bertz CT molecular complexity index is 499. The Morgan fingerprint density at radius 3 is 2.61 bits per heavy atom. The van der Waals surface area contributed by atoms with Gasteiger partial charge in [-0.15, -0.1) is 0 Å². The summed E-state index contributed by atoms with van der Waals surface area (Å²) in [4.78, 5) is 7.79. The maximum atomic E-state index is 5.76. The van der Waals surface area contributed by atoms with Crippen molar-refractivity contribution in [3.63, 3.8) is 0 Å². The topological polar surface area (TPSA) is 35.0 Å². The van der Waals surface area contributed by atoms with E-state index in [0.29, 0.717) is 11.0 Å². The molecule has 1 aromatic carbocycles. The number of rotatable bonds is 5. The fourth-order valence-corrected chi connectivity index (χ4v) is 1.74. The van der Waals surface area contributed by atoms with E-state index in [0.717, 1.165) is 12.2 Å². The average molecular weight is 263 g/mol. The SMILES string of the molecule is CCCCc1ccc(Oc2cc(Cl)ncn2)cc1. The Morgan fingerprint density at radius 2 is 1.94 bits per heavy atom. The van der Waals surface area contributed by atoms with Gasteiger partial charge in [0.25, 0.3) is 0 Å². The minimum absolute atomic E-state index is 0.375. The molecule has 94 valence electrons. The summed E-state index contributed by atoms with van der Waals surface area (Å²) in [7, 11) is 0. The lowest BCUT2D eigenvalue weighted by Crippen LogP contribution is -1.90. The summed E-state index contributed by atoms with van der Waals surface area (Å²) >= 11 is 5.76. The smallest absolute Gasteiger partial charge is 0.223 e. The number of benzene rings is 1. The molecule has 0 unspecified atom stereocenters. The van der Waals surface area contributed by atoms with E-state index >= 15 is 0 Å². The second-order valence-corrected chi connectivity index (χ2v) is 4.42. The van der Waals surface area contributed by atoms with Crippen LogP contribution in [-0.4, -0.2) is 9.97 Å². The van der Waals surface area contributed by atoms with Crippen molar-refractivity contribution >= 4 is 11.6 Å². The molecular formula is C14H15ClN2O. The molecular weight excluding hydrogens is 248 g/mol. The zero-order valence-electron chi connectivity index (χ0n) is 10.3. The number of hydrogen-bond donors (Lipinski definition) is 0. The highest BCUT2D eigenvalue weighted by molar-refractivity contribution is 6.29. The third-order valence-corrected chi connectivity index (χ3v) is 2.78. The Labute approximate surface area is 112 Å². The first-order chi connectivity index (χ1) is 8.78. The van der Waals surface area contributed by atoms with Gasteiger partial charge in [0.05, 0.1) is 0 Å². The second kappa shape index (κ2) is 6.36. The third-order valence-electron chi connectivity index (χ3n) is 2.57. The van der Waals surface area contributed by atoms with Gasteiger partial charge in [-0.1, -0.05) is 37.1 Å². The van der Waals surface area contributed by atoms with Crippen LogP contribution < -0.4 is 4.74 Å². The number of aryl methyl sites for hydroxylation is 1. The van der Waals surface area contributed by atoms with Gasteiger partial charge in [0.15, 0.2) is 0 Å². The molecule has 0 atom stereocenters. The van der Waals surface area contributed by atoms with Crippen molar-refractivity contribution in [2.75, 3.05) is 0 Å². The van der Waals surface area contributed by atoms with Crippen molar-refractivity contribution in [2.45, 2.75) is 26.2 Å². The number of ether oxygens (including phenoxy) is 1. The van der Waals surface area contributed by atoms with E-state index in [1.54, 1.807) is 6.07 Å². The number of halogens is 1. The predicted octanol–water partition coefficient (Wildman–Crippen LogP) is 4.26. The van der Waals surface area contributed by atoms with E-state index in [1.807, 2.05) is 12.1 Å². The molecule has 0 fully saturated rings. The van der Waals surface area contributed by atoms with Crippen LogP contribution in [0, 0.1) is 0 Å². The zero-order valence-corrected chi connectivity index (χ0v) is 11.0. The largest absolute Gasteiger partial charge is 0.439 e. The molecule has 2 rings (SSSR count). The van der Waals surface area contributed by atoms with Gasteiger partial charge in [-0.05, 0) is 30.5 Å². The molecule has 2 aromatic rings. The number of hydrogen-bond acceptors (Lipinski definition) is 3. The van der Waals surface area contributed by atoms with E-state index in [-0.39, 0.29) is 0 Å². The number of aromatic nitrogens is 2. The lowest BCUT2D eigenvalue weighted by molar-refractivity contribution is 0.461. The summed E-state index contributed by atoms with van der Waals surface area (Å²) in [6.45, 7) is 2.19. The molecule has 0 bridgehead atoms. The molecule has 0 saturated carbocycles. The molecule has 0 radical (unpaired) electrons. The van der Waals surface area contributed by atoms with E-state index in [2.05, 4.69) is 29.0 Å². The highest BCUT2D eigenvalue weighted by Gasteiger charge is 2.00. The van der Waals surface area contributed by atoms with Crippen LogP contribution in [0.25, 0.3) is 0 Å². The van der Waals surface area contributed by atoms with E-state index in [9.17, 15) is 0 Å². The molecule has 0 spiro atoms. The number of unbranched alkanes of at least 4 members (excludes halogenated alkanes) is 1. The molecule has 0 saturated heterocycles. The van der Waals surface area contributed by atoms with Gasteiger partial charge in [0, 0.05) is 6.07 Å². The fourth-order valence-electron chi connectivity index (χ4n) is 1.60. The molecule has 4 heteroatoms. The van der Waals surface area contributed by atoms with Gasteiger partial charge < -0.3 is 4.74 Å². The summed E-state index contributed by atoms with van der Waals surface area (Å²) in [5, 5.41) is 0.375. The molecule has 0 amide bonds. The van der Waals surface area contributed by atoms with Gasteiger partial charge in [-0.25, -0.2) is 9.97 Å². The standard InChI is InChI=1S/C14H15ClN2O/c1-2-3-4-11-5-7-12(8-6-11)18-14-9-13(15)16-10-17-14/h5-10H,2-4H2,1H3. The molecule has 3 nitrogen and oxygen atoms in total. The molecule has 1 aromatic heterocycles. The van der Waals surface area contributed by atoms with Gasteiger partial charge in [0.1, 0.15) is 17.2 Å². The van der Waals surface area contributed by atoms with Gasteiger partial charge in [-0.3, -0.25) is 0 Å². The van der Waals surface area contributed by atoms with Crippen molar-refractivity contribution in [3.8, 4) is 11.6 Å². The van der Waals surface area contributed by atoms with Gasteiger partial charge in [0.2, 0.25) is 5.88 Å². The molecule has 0 aliphatic rings. The first-order valence-corrected chi connectivity index (χ1v) is 6.40. The normalized spacial score (nSPS) is 10.3. The predicted molar refractivity (Wildman–Crippen MR) is 72.2 cm³/mol. The van der Waals surface area contributed by atoms with Gasteiger partial charge in [-0.2, -0.15) is 0 Å². The zero-order chi connectivity index (χ0) is 12.8. The quantitative estimate of drug-likeness (QED) is 0.755. The van der Waals surface area contributed by atoms with E-state index < -0.39 is 0 Å². The van der Waals surface area contributed by atoms with Crippen molar-refractivity contribution < 1.29 is 4.74 Å². The monoisotopic (exact) mass is 262 g/mol. The minimum atomic E-state index is 0.375. The fraction of sp³-hybridized carbons (Fsp3) is 0.286. The first-order valence-electron chi connectivity index (χ1n) is 6.02. The van der Waals surface area contributed by atoms with Crippen LogP contribution >= 0.6 is 11.6 Å². The Morgan fingerprint density at radius 1 is 1.17 bits per heavy atom. The van der Waals surface area contributed by atoms with Crippen LogP contribution in [0.1, 0.15) is 25.3 Å². The van der Waals surface area contributed by atoms with E-state index in [1.165, 1.54) is 24.7 Å². The number of nitrogens with zero attached hydrogens (tertiary/aromatic N) is 2. The van der Waals surface area contributed by atoms with Crippen LogP contribution in [0.2, 0.25) is 5.15 Å². The molecule has 1 heterocycles. The average Bonchev–Trinajstić information content (AvgIpc) is 2.38. The summed E-state index contributed by atoms with van der Waals surface area (Å²) in [5.74, 6) is 1.21. The minimum Gasteiger partial charge on any atom is -0.439 e. The molecule has 0 N–H and O–H groups in total. The third kappa shape index (κ3) is 3.70. The van der Waals surface area contributed by atoms with Crippen molar-refractivity contribution in [2.24, 2.45) is 0 Å². The van der Waals surface area contributed by atoms with Crippen LogP contribution in [-0.2, 0) is 6.42 Å². The maximum Gasteiger partial charge on any atom is 0.223 e. The van der Waals surface area contributed by atoms with Crippen LogP contribution in [0.4, 0.5) is 0 Å². The second-order valence-electron chi connectivity index (χ2n) is 4.03. The molecule has 18 heavy (non-hydrogen) atoms. The van der Waals surface area contributed by atoms with Crippen molar-refractivity contribution in [1.82, 2.24) is 9.97 Å².